The van der Waals surface area contributed by atoms with Crippen molar-refractivity contribution < 1.29 is 18.9 Å². The highest BCUT2D eigenvalue weighted by atomic mass is 35.5. The third-order valence-corrected chi connectivity index (χ3v) is 6.26. The molecule has 0 aliphatic carbocycles. The van der Waals surface area contributed by atoms with E-state index in [1.807, 2.05) is 24.3 Å². The Morgan fingerprint density at radius 3 is 2.48 bits per heavy atom. The molecule has 0 spiro atoms. The standard InChI is InChI=1S/C22H20ClN3O3/c23-15-5-7-16(8-6-15)26-20(27)13-18(22(26)28)25-11-9-14(10-12-25)21-24-17-3-1-2-4-19(17)29-21/h1-8,14,18H,9-13H2/p+1/t18-/m1/s1. The van der Waals surface area contributed by atoms with E-state index >= 15 is 0 Å². The van der Waals surface area contributed by atoms with Crippen LogP contribution in [0.15, 0.2) is 52.9 Å². The summed E-state index contributed by atoms with van der Waals surface area (Å²) in [6.45, 7) is 1.64. The Hall–Kier alpha value is -2.70. The molecule has 0 bridgehead atoms. The number of aromatic nitrogens is 1. The molecule has 6 nitrogen and oxygen atoms in total. The summed E-state index contributed by atoms with van der Waals surface area (Å²) in [4.78, 5) is 32.6. The van der Waals surface area contributed by atoms with E-state index in [4.69, 9.17) is 16.0 Å². The van der Waals surface area contributed by atoms with Crippen LogP contribution in [0.3, 0.4) is 0 Å². The van der Waals surface area contributed by atoms with E-state index in [0.29, 0.717) is 10.7 Å². The van der Waals surface area contributed by atoms with E-state index in [2.05, 4.69) is 4.98 Å². The zero-order chi connectivity index (χ0) is 20.0. The zero-order valence-electron chi connectivity index (χ0n) is 15.8. The molecule has 2 saturated heterocycles. The number of piperidine rings is 1. The van der Waals surface area contributed by atoms with Crippen molar-refractivity contribution in [2.75, 3.05) is 18.0 Å². The summed E-state index contributed by atoms with van der Waals surface area (Å²) in [5, 5.41) is 0.580. The first-order valence-corrected chi connectivity index (χ1v) is 10.3. The molecule has 1 N–H and O–H groups in total. The minimum atomic E-state index is -0.317. The number of fused-ring (bicyclic) bond motifs is 1. The van der Waals surface area contributed by atoms with Crippen molar-refractivity contribution >= 4 is 40.2 Å². The van der Waals surface area contributed by atoms with Crippen molar-refractivity contribution in [1.82, 2.24) is 4.98 Å². The molecule has 7 heteroatoms. The van der Waals surface area contributed by atoms with Gasteiger partial charge in [-0.2, -0.15) is 0 Å². The number of rotatable bonds is 3. The van der Waals surface area contributed by atoms with E-state index in [9.17, 15) is 9.59 Å². The van der Waals surface area contributed by atoms with Gasteiger partial charge in [0.1, 0.15) is 5.52 Å². The van der Waals surface area contributed by atoms with Crippen molar-refractivity contribution in [3.8, 4) is 0 Å². The topological polar surface area (TPSA) is 67.9 Å². The van der Waals surface area contributed by atoms with Gasteiger partial charge in [-0.15, -0.1) is 0 Å². The predicted molar refractivity (Wildman–Crippen MR) is 109 cm³/mol. The summed E-state index contributed by atoms with van der Waals surface area (Å²) in [7, 11) is 0. The average molecular weight is 411 g/mol. The molecule has 3 aromatic rings. The van der Waals surface area contributed by atoms with Crippen LogP contribution < -0.4 is 9.80 Å². The Morgan fingerprint density at radius 2 is 1.76 bits per heavy atom. The van der Waals surface area contributed by atoms with Crippen molar-refractivity contribution in [2.45, 2.75) is 31.2 Å². The first-order valence-electron chi connectivity index (χ1n) is 9.92. The molecule has 29 heavy (non-hydrogen) atoms. The molecule has 0 unspecified atom stereocenters. The number of nitrogens with one attached hydrogen (secondary N) is 1. The molecular weight excluding hydrogens is 390 g/mol. The molecule has 3 heterocycles. The van der Waals surface area contributed by atoms with Gasteiger partial charge in [-0.1, -0.05) is 23.7 Å². The number of hydrogen-bond donors (Lipinski definition) is 1. The lowest BCUT2D eigenvalue weighted by Crippen LogP contribution is -3.17. The predicted octanol–water partition coefficient (Wildman–Crippen LogP) is 2.58. The van der Waals surface area contributed by atoms with Crippen LogP contribution in [0.25, 0.3) is 11.1 Å². The highest BCUT2D eigenvalue weighted by Gasteiger charge is 2.46. The molecule has 2 aromatic carbocycles. The average Bonchev–Trinajstić information content (AvgIpc) is 3.30. The minimum Gasteiger partial charge on any atom is -0.440 e. The summed E-state index contributed by atoms with van der Waals surface area (Å²) in [5.74, 6) is 0.774. The van der Waals surface area contributed by atoms with Crippen LogP contribution in [0.1, 0.15) is 31.1 Å². The number of oxazole rings is 1. The Morgan fingerprint density at radius 1 is 1.03 bits per heavy atom. The van der Waals surface area contributed by atoms with Gasteiger partial charge in [0.25, 0.3) is 5.91 Å². The quantitative estimate of drug-likeness (QED) is 0.674. The number of carbonyl (C=O) groups excluding carboxylic acids is 2. The van der Waals surface area contributed by atoms with Crippen LogP contribution in [0, 0.1) is 0 Å². The molecule has 1 aromatic heterocycles. The number of carbonyl (C=O) groups is 2. The van der Waals surface area contributed by atoms with Gasteiger partial charge in [0.15, 0.2) is 17.5 Å². The van der Waals surface area contributed by atoms with Crippen LogP contribution in [0.4, 0.5) is 5.69 Å². The molecule has 0 saturated carbocycles. The van der Waals surface area contributed by atoms with Gasteiger partial charge in [-0.25, -0.2) is 9.88 Å². The number of benzene rings is 2. The fraction of sp³-hybridized carbons (Fsp3) is 0.318. The first kappa shape index (κ1) is 18.3. The maximum atomic E-state index is 13.0. The number of likely N-dealkylation sites (tertiary alicyclic amines) is 1. The van der Waals surface area contributed by atoms with Crippen molar-refractivity contribution in [1.29, 1.82) is 0 Å². The van der Waals surface area contributed by atoms with Crippen LogP contribution in [0.2, 0.25) is 5.02 Å². The first-order chi connectivity index (χ1) is 14.1. The maximum Gasteiger partial charge on any atom is 0.292 e. The second kappa shape index (κ2) is 7.28. The molecule has 0 radical (unpaired) electrons. The van der Waals surface area contributed by atoms with Gasteiger partial charge in [-0.05, 0) is 36.4 Å². The number of para-hydroxylation sites is 2. The highest BCUT2D eigenvalue weighted by molar-refractivity contribution is 6.30. The third-order valence-electron chi connectivity index (χ3n) is 6.01. The van der Waals surface area contributed by atoms with Crippen LogP contribution in [-0.4, -0.2) is 35.9 Å². The van der Waals surface area contributed by atoms with Gasteiger partial charge in [0, 0.05) is 23.8 Å². The SMILES string of the molecule is O=C1C[C@@H]([NH+]2CCC(c3nc4ccccc4o3)CC2)C(=O)N1c1ccc(Cl)cc1. The van der Waals surface area contributed by atoms with Crippen LogP contribution >= 0.6 is 11.6 Å². The van der Waals surface area contributed by atoms with Crippen LogP contribution in [0.5, 0.6) is 0 Å². The van der Waals surface area contributed by atoms with E-state index in [1.54, 1.807) is 24.3 Å². The lowest BCUT2D eigenvalue weighted by atomic mass is 9.95. The fourth-order valence-electron chi connectivity index (χ4n) is 4.46. The smallest absolute Gasteiger partial charge is 0.292 e. The van der Waals surface area contributed by atoms with Crippen LogP contribution in [-0.2, 0) is 9.59 Å². The number of quaternary nitrogens is 1. The molecule has 2 fully saturated rings. The summed E-state index contributed by atoms with van der Waals surface area (Å²) in [5.41, 5.74) is 2.28. The summed E-state index contributed by atoms with van der Waals surface area (Å²) in [6, 6.07) is 14.3. The Labute approximate surface area is 173 Å². The Bertz CT molecular complexity index is 1040. The Kier molecular flexibility index (Phi) is 4.60. The molecule has 2 aliphatic rings. The fourth-order valence-corrected chi connectivity index (χ4v) is 4.59. The minimum absolute atomic E-state index is 0.118. The van der Waals surface area contributed by atoms with E-state index in [-0.39, 0.29) is 30.2 Å². The van der Waals surface area contributed by atoms with Gasteiger partial charge in [-0.3, -0.25) is 9.59 Å². The van der Waals surface area contributed by atoms with Gasteiger partial charge >= 0.3 is 0 Å². The van der Waals surface area contributed by atoms with Gasteiger partial charge in [0.05, 0.1) is 25.2 Å². The number of halogens is 1. The van der Waals surface area contributed by atoms with Gasteiger partial charge in [0.2, 0.25) is 5.91 Å². The molecule has 2 amide bonds. The van der Waals surface area contributed by atoms with E-state index < -0.39 is 0 Å². The van der Waals surface area contributed by atoms with E-state index in [1.165, 1.54) is 9.80 Å². The maximum absolute atomic E-state index is 13.0. The molecule has 148 valence electrons. The molecule has 5 rings (SSSR count). The van der Waals surface area contributed by atoms with E-state index in [0.717, 1.165) is 42.9 Å². The number of anilines is 1. The second-order valence-corrected chi connectivity index (χ2v) is 8.19. The second-order valence-electron chi connectivity index (χ2n) is 7.75. The number of hydrogen-bond acceptors (Lipinski definition) is 4. The number of imide groups is 1. The zero-order valence-corrected chi connectivity index (χ0v) is 16.6. The lowest BCUT2D eigenvalue weighted by Gasteiger charge is -2.30. The summed E-state index contributed by atoms with van der Waals surface area (Å²) in [6.07, 6.45) is 2.03. The summed E-state index contributed by atoms with van der Waals surface area (Å²) < 4.78 is 5.93. The highest BCUT2D eigenvalue weighted by Crippen LogP contribution is 2.28. The molecular formula is C22H21ClN3O3+. The monoisotopic (exact) mass is 410 g/mol. The summed E-state index contributed by atoms with van der Waals surface area (Å²) >= 11 is 5.93. The largest absolute Gasteiger partial charge is 0.440 e. The number of nitrogens with zero attached hydrogens (tertiary/aromatic N) is 2. The van der Waals surface area contributed by atoms with Crippen molar-refractivity contribution in [3.05, 3.63) is 59.4 Å². The normalized spacial score (nSPS) is 25.1. The lowest BCUT2D eigenvalue weighted by molar-refractivity contribution is -0.920. The molecule has 2 aliphatic heterocycles. The third kappa shape index (κ3) is 3.32. The molecule has 1 atom stereocenters. The van der Waals surface area contributed by atoms with Gasteiger partial charge < -0.3 is 9.32 Å². The van der Waals surface area contributed by atoms with Crippen molar-refractivity contribution in [2.24, 2.45) is 0 Å². The van der Waals surface area contributed by atoms with Crippen molar-refractivity contribution in [3.63, 3.8) is 0 Å². The number of amides is 2. The Balaban J connectivity index is 1.27.